The van der Waals surface area contributed by atoms with Gasteiger partial charge in [0.25, 0.3) is 0 Å². The molecule has 0 radical (unpaired) electrons. The van der Waals surface area contributed by atoms with Crippen molar-refractivity contribution in [3.05, 3.63) is 35.6 Å². The van der Waals surface area contributed by atoms with Crippen LogP contribution < -0.4 is 5.32 Å². The summed E-state index contributed by atoms with van der Waals surface area (Å²) in [4.78, 5) is 4.00. The molecule has 0 atom stereocenters. The van der Waals surface area contributed by atoms with Gasteiger partial charge in [0, 0.05) is 12.4 Å². The minimum absolute atomic E-state index is 0.284. The molecule has 13 heavy (non-hydrogen) atoms. The fourth-order valence-corrected chi connectivity index (χ4v) is 0.994. The van der Waals surface area contributed by atoms with Crippen LogP contribution in [0.5, 0.6) is 0 Å². The van der Waals surface area contributed by atoms with E-state index >= 15 is 0 Å². The summed E-state index contributed by atoms with van der Waals surface area (Å²) in [6.07, 6.45) is 4.78. The molecule has 1 heterocycles. The third-order valence-electron chi connectivity index (χ3n) is 1.21. The van der Waals surface area contributed by atoms with Crippen LogP contribution in [0.2, 0.25) is 5.02 Å². The number of pyridine rings is 1. The van der Waals surface area contributed by atoms with Gasteiger partial charge < -0.3 is 5.32 Å². The first kappa shape index (κ1) is 10.2. The average molecular weight is 261 g/mol. The number of anilines is 1. The van der Waals surface area contributed by atoms with Crippen LogP contribution in [0.1, 0.15) is 0 Å². The van der Waals surface area contributed by atoms with Crippen molar-refractivity contribution in [2.75, 3.05) is 5.32 Å². The van der Waals surface area contributed by atoms with Crippen molar-refractivity contribution in [1.82, 2.24) is 4.98 Å². The number of allylic oxidation sites excluding steroid dienone is 1. The number of hydrogen-bond acceptors (Lipinski definition) is 3. The Morgan fingerprint density at radius 1 is 1.69 bits per heavy atom. The van der Waals surface area contributed by atoms with E-state index in [4.69, 9.17) is 17.0 Å². The van der Waals surface area contributed by atoms with Crippen LogP contribution in [0, 0.1) is 5.41 Å². The van der Waals surface area contributed by atoms with Gasteiger partial charge in [0.15, 0.2) is 0 Å². The van der Waals surface area contributed by atoms with Crippen LogP contribution in [0.25, 0.3) is 0 Å². The molecule has 0 aliphatic heterocycles. The quantitative estimate of drug-likeness (QED) is 0.821. The Hall–Kier alpha value is -0.870. The van der Waals surface area contributed by atoms with Gasteiger partial charge in [-0.05, 0) is 34.1 Å². The maximum absolute atomic E-state index is 7.05. The van der Waals surface area contributed by atoms with Crippen LogP contribution in [-0.4, -0.2) is 9.60 Å². The van der Waals surface area contributed by atoms with Gasteiger partial charge in [0.05, 0.1) is 9.64 Å². The normalized spacial score (nSPS) is 10.3. The van der Waals surface area contributed by atoms with Gasteiger partial charge in [-0.25, -0.2) is 4.98 Å². The predicted octanol–water partition coefficient (Wildman–Crippen LogP) is 3.03. The van der Waals surface area contributed by atoms with E-state index in [1.807, 2.05) is 0 Å². The zero-order chi connectivity index (χ0) is 9.68. The first-order valence-electron chi connectivity index (χ1n) is 3.48. The van der Waals surface area contributed by atoms with Gasteiger partial charge in [-0.2, -0.15) is 0 Å². The summed E-state index contributed by atoms with van der Waals surface area (Å²) in [5.41, 5.74) is 0. The molecule has 5 heteroatoms. The molecule has 0 saturated heterocycles. The maximum atomic E-state index is 7.05. The minimum Gasteiger partial charge on any atom is -0.345 e. The average Bonchev–Trinajstić information content (AvgIpc) is 2.08. The third kappa shape index (κ3) is 3.57. The van der Waals surface area contributed by atoms with Gasteiger partial charge in [0.2, 0.25) is 0 Å². The molecule has 0 aliphatic rings. The number of rotatable bonds is 3. The summed E-state index contributed by atoms with van der Waals surface area (Å²) in [5, 5.41) is 10.4. The van der Waals surface area contributed by atoms with Gasteiger partial charge in [-0.1, -0.05) is 11.6 Å². The molecular weight excluding hydrogens is 253 g/mol. The molecule has 0 unspecified atom stereocenters. The molecule has 0 fully saturated rings. The number of halogens is 2. The lowest BCUT2D eigenvalue weighted by molar-refractivity contribution is 1.31. The Kier molecular flexibility index (Phi) is 3.92. The smallest absolute Gasteiger partial charge is 0.148 e. The van der Waals surface area contributed by atoms with E-state index in [1.165, 1.54) is 0 Å². The Bertz CT molecular complexity index is 338. The fraction of sp³-hybridized carbons (Fsp3) is 0. The minimum atomic E-state index is 0.284. The van der Waals surface area contributed by atoms with Crippen LogP contribution in [0.15, 0.2) is 30.6 Å². The Labute approximate surface area is 89.5 Å². The second-order valence-corrected chi connectivity index (χ2v) is 3.42. The van der Waals surface area contributed by atoms with Crippen molar-refractivity contribution in [2.24, 2.45) is 0 Å². The van der Waals surface area contributed by atoms with Crippen LogP contribution >= 0.6 is 27.5 Å². The summed E-state index contributed by atoms with van der Waals surface area (Å²) in [7, 11) is 0. The Morgan fingerprint density at radius 2 is 2.46 bits per heavy atom. The number of hydrogen-bond donors (Lipinski definition) is 2. The first-order valence-corrected chi connectivity index (χ1v) is 4.65. The Balaban J connectivity index is 2.64. The lowest BCUT2D eigenvalue weighted by atomic mass is 10.4. The highest BCUT2D eigenvalue weighted by molar-refractivity contribution is 9.18. The summed E-state index contributed by atoms with van der Waals surface area (Å²) in [5.74, 6) is 0.578. The van der Waals surface area contributed by atoms with Crippen LogP contribution in [0.3, 0.4) is 0 Å². The number of nitrogens with one attached hydrogen (secondary N) is 2. The van der Waals surface area contributed by atoms with E-state index in [9.17, 15) is 0 Å². The molecule has 1 aromatic rings. The summed E-state index contributed by atoms with van der Waals surface area (Å²) in [6.45, 7) is 0. The van der Waals surface area contributed by atoms with Crippen LogP contribution in [0.4, 0.5) is 5.82 Å². The third-order valence-corrected chi connectivity index (χ3v) is 1.78. The largest absolute Gasteiger partial charge is 0.345 e. The molecule has 0 saturated carbocycles. The van der Waals surface area contributed by atoms with Gasteiger partial charge in [0.1, 0.15) is 5.82 Å². The molecule has 1 aromatic heterocycles. The van der Waals surface area contributed by atoms with Crippen LogP contribution in [-0.2, 0) is 0 Å². The second kappa shape index (κ2) is 4.99. The van der Waals surface area contributed by atoms with Gasteiger partial charge in [-0.3, -0.25) is 5.41 Å². The highest BCUT2D eigenvalue weighted by Crippen LogP contribution is 2.16. The topological polar surface area (TPSA) is 48.8 Å². The van der Waals surface area contributed by atoms with Gasteiger partial charge >= 0.3 is 0 Å². The van der Waals surface area contributed by atoms with E-state index in [1.54, 1.807) is 30.6 Å². The van der Waals surface area contributed by atoms with Crippen molar-refractivity contribution in [3.63, 3.8) is 0 Å². The fourth-order valence-electron chi connectivity index (χ4n) is 0.686. The molecule has 0 amide bonds. The van der Waals surface area contributed by atoms with Crippen molar-refractivity contribution in [3.8, 4) is 0 Å². The SMILES string of the molecule is N=C(Br)/C=C\Nc1ncccc1Cl. The highest BCUT2D eigenvalue weighted by atomic mass is 79.9. The van der Waals surface area contributed by atoms with E-state index in [-0.39, 0.29) is 4.62 Å². The zero-order valence-corrected chi connectivity index (χ0v) is 8.93. The molecule has 3 nitrogen and oxygen atoms in total. The number of nitrogens with zero attached hydrogens (tertiary/aromatic N) is 1. The molecule has 0 bridgehead atoms. The molecule has 0 spiro atoms. The summed E-state index contributed by atoms with van der Waals surface area (Å²) >= 11 is 8.78. The van der Waals surface area contributed by atoms with E-state index < -0.39 is 0 Å². The van der Waals surface area contributed by atoms with Crippen molar-refractivity contribution < 1.29 is 0 Å². The highest BCUT2D eigenvalue weighted by Gasteiger charge is 1.95. The monoisotopic (exact) mass is 259 g/mol. The second-order valence-electron chi connectivity index (χ2n) is 2.16. The van der Waals surface area contributed by atoms with E-state index in [0.29, 0.717) is 10.8 Å². The molecule has 0 aliphatic carbocycles. The lowest BCUT2D eigenvalue weighted by Gasteiger charge is -2.00. The first-order chi connectivity index (χ1) is 6.20. The predicted molar refractivity (Wildman–Crippen MR) is 58.7 cm³/mol. The summed E-state index contributed by atoms with van der Waals surface area (Å²) < 4.78 is 0.284. The van der Waals surface area contributed by atoms with Crippen molar-refractivity contribution in [1.29, 1.82) is 5.41 Å². The zero-order valence-electron chi connectivity index (χ0n) is 6.59. The maximum Gasteiger partial charge on any atom is 0.148 e. The number of aromatic nitrogens is 1. The lowest BCUT2D eigenvalue weighted by Crippen LogP contribution is -1.92. The molecule has 68 valence electrons. The van der Waals surface area contributed by atoms with E-state index in [2.05, 4.69) is 26.2 Å². The standard InChI is InChI=1S/C8H7BrClN3/c9-7(11)3-5-13-8-6(10)2-1-4-12-8/h1-5,11H,(H,12,13)/b5-3-,11-7?. The molecule has 2 N–H and O–H groups in total. The van der Waals surface area contributed by atoms with Crippen molar-refractivity contribution in [2.45, 2.75) is 0 Å². The molecule has 1 rings (SSSR count). The van der Waals surface area contributed by atoms with E-state index in [0.717, 1.165) is 0 Å². The summed E-state index contributed by atoms with van der Waals surface area (Å²) in [6, 6.07) is 3.49. The molecule has 0 aromatic carbocycles. The van der Waals surface area contributed by atoms with Crippen molar-refractivity contribution >= 4 is 38.0 Å². The Morgan fingerprint density at radius 3 is 3.08 bits per heavy atom. The van der Waals surface area contributed by atoms with Gasteiger partial charge in [-0.15, -0.1) is 0 Å². The molecular formula is C8H7BrClN3.